The second-order valence-electron chi connectivity index (χ2n) is 5.98. The molecule has 8 nitrogen and oxygen atoms in total. The third-order valence-electron chi connectivity index (χ3n) is 3.67. The largest absolute Gasteiger partial charge is 0.460 e. The number of hydrogen-bond acceptors (Lipinski definition) is 8. The van der Waals surface area contributed by atoms with Gasteiger partial charge in [0.15, 0.2) is 0 Å². The van der Waals surface area contributed by atoms with Gasteiger partial charge in [0.05, 0.1) is 6.61 Å². The van der Waals surface area contributed by atoms with Crippen LogP contribution in [0.15, 0.2) is 0 Å². The second kappa shape index (κ2) is 20.1. The van der Waals surface area contributed by atoms with Crippen LogP contribution in [0, 0.1) is 0 Å². The summed E-state index contributed by atoms with van der Waals surface area (Å²) in [5.41, 5.74) is 0. The van der Waals surface area contributed by atoms with E-state index in [-0.39, 0.29) is 36.2 Å². The summed E-state index contributed by atoms with van der Waals surface area (Å²) in [4.78, 5) is 33.8. The topological polar surface area (TPSA) is 119 Å². The molecule has 0 unspecified atom stereocenters. The fraction of sp³-hybridized carbons (Fsp3) is 0.833. The quantitative estimate of drug-likeness (QED) is 0.173. The molecule has 0 bridgehead atoms. The number of unbranched alkanes of at least 4 members (excludes halogenated alkanes) is 9. The maximum Gasteiger partial charge on any atom is 0.389 e. The molecule has 0 heterocycles. The SMILES string of the molecule is CCCCCCCCCCCCOC(=O)C(OC(=O)CO)OC(=O)CO.[Na]. The summed E-state index contributed by atoms with van der Waals surface area (Å²) in [6.45, 7) is 0.360. The predicted octanol–water partition coefficient (Wildman–Crippen LogP) is 1.47. The Balaban J connectivity index is 0. The zero-order valence-electron chi connectivity index (χ0n) is 16.6. The zero-order chi connectivity index (χ0) is 19.6. The molecule has 9 heteroatoms. The van der Waals surface area contributed by atoms with Crippen LogP contribution in [-0.2, 0) is 28.6 Å². The van der Waals surface area contributed by atoms with Gasteiger partial charge in [-0.2, -0.15) is 0 Å². The van der Waals surface area contributed by atoms with E-state index < -0.39 is 37.4 Å². The van der Waals surface area contributed by atoms with Crippen LogP contribution in [0.1, 0.15) is 71.1 Å². The second-order valence-corrected chi connectivity index (χ2v) is 5.98. The van der Waals surface area contributed by atoms with E-state index >= 15 is 0 Å². The normalized spacial score (nSPS) is 10.2. The Kier molecular flexibility index (Phi) is 21.2. The zero-order valence-corrected chi connectivity index (χ0v) is 18.6. The molecular weight excluding hydrogens is 367 g/mol. The minimum absolute atomic E-state index is 0. The first-order valence-corrected chi connectivity index (χ1v) is 9.32. The van der Waals surface area contributed by atoms with Crippen molar-refractivity contribution < 1.29 is 38.8 Å². The van der Waals surface area contributed by atoms with E-state index in [1.54, 1.807) is 0 Å². The first kappa shape index (κ1) is 28.5. The minimum atomic E-state index is -1.92. The number of carbonyl (C=O) groups is 3. The molecule has 153 valence electrons. The van der Waals surface area contributed by atoms with Gasteiger partial charge in [-0.25, -0.2) is 14.4 Å². The van der Waals surface area contributed by atoms with Crippen molar-refractivity contribution in [2.24, 2.45) is 0 Å². The maximum absolute atomic E-state index is 11.8. The van der Waals surface area contributed by atoms with Crippen LogP contribution < -0.4 is 0 Å². The molecule has 0 aliphatic rings. The Bertz CT molecular complexity index is 385. The summed E-state index contributed by atoms with van der Waals surface area (Å²) in [5.74, 6) is -3.34. The number of aliphatic hydroxyl groups excluding tert-OH is 2. The number of esters is 3. The van der Waals surface area contributed by atoms with E-state index in [9.17, 15) is 14.4 Å². The molecule has 0 spiro atoms. The van der Waals surface area contributed by atoms with Crippen LogP contribution in [0.5, 0.6) is 0 Å². The van der Waals surface area contributed by atoms with Gasteiger partial charge in [0.2, 0.25) is 0 Å². The van der Waals surface area contributed by atoms with E-state index in [0.717, 1.165) is 19.3 Å². The summed E-state index contributed by atoms with van der Waals surface area (Å²) in [6.07, 6.45) is 9.42. The number of ether oxygens (including phenoxy) is 3. The first-order valence-electron chi connectivity index (χ1n) is 9.32. The van der Waals surface area contributed by atoms with Crippen molar-refractivity contribution in [1.82, 2.24) is 0 Å². The number of rotatable bonds is 16. The van der Waals surface area contributed by atoms with Crippen LogP contribution in [0.3, 0.4) is 0 Å². The molecule has 0 aromatic heterocycles. The van der Waals surface area contributed by atoms with Crippen molar-refractivity contribution in [2.75, 3.05) is 19.8 Å². The Morgan fingerprint density at radius 2 is 1.15 bits per heavy atom. The number of aliphatic hydroxyl groups is 2. The Labute approximate surface area is 183 Å². The predicted molar refractivity (Wildman–Crippen MR) is 98.7 cm³/mol. The van der Waals surface area contributed by atoms with Crippen molar-refractivity contribution in [3.05, 3.63) is 0 Å². The average Bonchev–Trinajstić information content (AvgIpc) is 2.64. The fourth-order valence-corrected chi connectivity index (χ4v) is 2.26. The van der Waals surface area contributed by atoms with Gasteiger partial charge < -0.3 is 24.4 Å². The van der Waals surface area contributed by atoms with Crippen LogP contribution in [-0.4, -0.2) is 83.8 Å². The third-order valence-corrected chi connectivity index (χ3v) is 3.67. The maximum atomic E-state index is 11.8. The molecule has 0 saturated heterocycles. The van der Waals surface area contributed by atoms with Gasteiger partial charge >= 0.3 is 24.2 Å². The van der Waals surface area contributed by atoms with E-state index in [0.29, 0.717) is 6.42 Å². The summed E-state index contributed by atoms with van der Waals surface area (Å²) in [7, 11) is 0. The van der Waals surface area contributed by atoms with Gasteiger partial charge in [-0.05, 0) is 6.42 Å². The molecule has 0 aromatic carbocycles. The van der Waals surface area contributed by atoms with E-state index in [1.165, 1.54) is 38.5 Å². The van der Waals surface area contributed by atoms with E-state index in [4.69, 9.17) is 14.9 Å². The van der Waals surface area contributed by atoms with Crippen molar-refractivity contribution in [3.8, 4) is 0 Å². The molecular formula is C18H32NaO8. The number of carbonyl (C=O) groups excluding carboxylic acids is 3. The molecule has 0 aliphatic heterocycles. The van der Waals surface area contributed by atoms with Gasteiger partial charge in [-0.15, -0.1) is 0 Å². The average molecular weight is 399 g/mol. The van der Waals surface area contributed by atoms with E-state index in [2.05, 4.69) is 16.4 Å². The monoisotopic (exact) mass is 399 g/mol. The fourth-order valence-electron chi connectivity index (χ4n) is 2.26. The molecule has 0 rings (SSSR count). The molecule has 1 radical (unpaired) electrons. The van der Waals surface area contributed by atoms with E-state index in [1.807, 2.05) is 0 Å². The van der Waals surface area contributed by atoms with Crippen LogP contribution in [0.25, 0.3) is 0 Å². The molecule has 2 N–H and O–H groups in total. The first-order chi connectivity index (χ1) is 12.5. The molecule has 0 amide bonds. The Morgan fingerprint density at radius 1 is 0.741 bits per heavy atom. The van der Waals surface area contributed by atoms with Crippen LogP contribution in [0.4, 0.5) is 0 Å². The smallest absolute Gasteiger partial charge is 0.389 e. The summed E-state index contributed by atoms with van der Waals surface area (Å²) >= 11 is 0. The van der Waals surface area contributed by atoms with Gasteiger partial charge in [-0.1, -0.05) is 64.7 Å². The minimum Gasteiger partial charge on any atom is -0.460 e. The third kappa shape index (κ3) is 17.2. The number of hydrogen-bond donors (Lipinski definition) is 2. The van der Waals surface area contributed by atoms with Gasteiger partial charge in [-0.3, -0.25) is 0 Å². The summed E-state index contributed by atoms with van der Waals surface area (Å²) < 4.78 is 13.8. The van der Waals surface area contributed by atoms with Crippen molar-refractivity contribution in [1.29, 1.82) is 0 Å². The van der Waals surface area contributed by atoms with Crippen LogP contribution in [0.2, 0.25) is 0 Å². The van der Waals surface area contributed by atoms with Crippen molar-refractivity contribution >= 4 is 47.5 Å². The summed E-state index contributed by atoms with van der Waals surface area (Å²) in [6, 6.07) is 0. The Morgan fingerprint density at radius 3 is 1.56 bits per heavy atom. The standard InChI is InChI=1S/C18H32O8.Na/c1-2-3-4-5-6-7-8-9-10-11-12-24-17(23)18(25-15(21)13-19)26-16(22)14-20;/h18-20H,2-14H2,1H3;. The molecule has 0 atom stereocenters. The molecule has 0 aliphatic carbocycles. The Hall–Kier alpha value is -0.670. The van der Waals surface area contributed by atoms with Crippen molar-refractivity contribution in [2.45, 2.75) is 77.4 Å². The summed E-state index contributed by atoms with van der Waals surface area (Å²) in [5, 5.41) is 17.2. The molecule has 0 saturated carbocycles. The molecule has 0 fully saturated rings. The van der Waals surface area contributed by atoms with Gasteiger partial charge in [0, 0.05) is 29.6 Å². The molecule has 27 heavy (non-hydrogen) atoms. The van der Waals surface area contributed by atoms with Gasteiger partial charge in [0.25, 0.3) is 0 Å². The van der Waals surface area contributed by atoms with Gasteiger partial charge in [0.1, 0.15) is 13.2 Å². The van der Waals surface area contributed by atoms with Crippen LogP contribution >= 0.6 is 0 Å². The van der Waals surface area contributed by atoms with Crippen molar-refractivity contribution in [3.63, 3.8) is 0 Å². The molecule has 0 aromatic rings.